The zero-order chi connectivity index (χ0) is 20.2. The van der Waals surface area contributed by atoms with Gasteiger partial charge in [-0.3, -0.25) is 9.89 Å². The van der Waals surface area contributed by atoms with Crippen LogP contribution in [0.1, 0.15) is 23.0 Å². The number of amides is 1. The molecule has 0 radical (unpaired) electrons. The molecule has 7 nitrogen and oxygen atoms in total. The Kier molecular flexibility index (Phi) is 5.78. The Morgan fingerprint density at radius 3 is 3.00 bits per heavy atom. The second-order valence-electron chi connectivity index (χ2n) is 7.01. The van der Waals surface area contributed by atoms with Gasteiger partial charge in [-0.25, -0.2) is 4.98 Å². The number of hydrogen-bond donors (Lipinski definition) is 2. The molecule has 150 valence electrons. The van der Waals surface area contributed by atoms with Crippen molar-refractivity contribution in [2.75, 3.05) is 24.6 Å². The van der Waals surface area contributed by atoms with Gasteiger partial charge in [0.25, 0.3) is 5.91 Å². The van der Waals surface area contributed by atoms with Crippen LogP contribution < -0.4 is 10.2 Å². The predicted octanol–water partition coefficient (Wildman–Crippen LogP) is 3.28. The molecule has 1 aliphatic heterocycles. The van der Waals surface area contributed by atoms with Crippen LogP contribution in [0.25, 0.3) is 11.3 Å². The second kappa shape index (κ2) is 8.63. The highest BCUT2D eigenvalue weighted by Crippen LogP contribution is 2.21. The number of ether oxygens (including phenoxy) is 1. The van der Waals surface area contributed by atoms with Crippen LogP contribution in [0.3, 0.4) is 0 Å². The van der Waals surface area contributed by atoms with Gasteiger partial charge in [-0.2, -0.15) is 5.10 Å². The van der Waals surface area contributed by atoms with E-state index >= 15 is 0 Å². The van der Waals surface area contributed by atoms with Crippen molar-refractivity contribution in [3.63, 3.8) is 0 Å². The van der Waals surface area contributed by atoms with Gasteiger partial charge in [0.2, 0.25) is 0 Å². The first-order valence-electron chi connectivity index (χ1n) is 9.49. The van der Waals surface area contributed by atoms with E-state index in [1.54, 1.807) is 18.3 Å². The van der Waals surface area contributed by atoms with E-state index in [1.807, 2.05) is 30.3 Å². The summed E-state index contributed by atoms with van der Waals surface area (Å²) in [6.45, 7) is 4.82. The minimum atomic E-state index is -0.225. The van der Waals surface area contributed by atoms with Gasteiger partial charge in [0.15, 0.2) is 0 Å². The van der Waals surface area contributed by atoms with Gasteiger partial charge in [-0.1, -0.05) is 29.8 Å². The summed E-state index contributed by atoms with van der Waals surface area (Å²) in [6.07, 6.45) is 2.00. The van der Waals surface area contributed by atoms with Crippen LogP contribution in [-0.2, 0) is 11.3 Å². The molecule has 1 saturated heterocycles. The third-order valence-electron chi connectivity index (χ3n) is 4.77. The third kappa shape index (κ3) is 4.75. The Morgan fingerprint density at radius 1 is 1.34 bits per heavy atom. The summed E-state index contributed by atoms with van der Waals surface area (Å²) in [6, 6.07) is 13.0. The SMILES string of the molecule is CC1CN(c2ccc(CNC(=O)c3cc(-c4cccc(Cl)c4)n[nH]3)cn2)CCO1. The molecule has 1 aliphatic rings. The van der Waals surface area contributed by atoms with Crippen LogP contribution in [0.4, 0.5) is 5.82 Å². The van der Waals surface area contributed by atoms with E-state index in [1.165, 1.54) is 0 Å². The lowest BCUT2D eigenvalue weighted by Gasteiger charge is -2.32. The Balaban J connectivity index is 1.35. The molecule has 0 spiro atoms. The van der Waals surface area contributed by atoms with Crippen LogP contribution >= 0.6 is 11.6 Å². The number of nitrogens with zero attached hydrogens (tertiary/aromatic N) is 3. The topological polar surface area (TPSA) is 83.1 Å². The van der Waals surface area contributed by atoms with E-state index in [-0.39, 0.29) is 12.0 Å². The van der Waals surface area contributed by atoms with Crippen molar-refractivity contribution in [2.24, 2.45) is 0 Å². The Labute approximate surface area is 174 Å². The molecule has 3 heterocycles. The van der Waals surface area contributed by atoms with E-state index < -0.39 is 0 Å². The van der Waals surface area contributed by atoms with Crippen LogP contribution in [0.2, 0.25) is 5.02 Å². The number of carbonyl (C=O) groups is 1. The van der Waals surface area contributed by atoms with Gasteiger partial charge in [0, 0.05) is 36.4 Å². The molecule has 1 amide bonds. The smallest absolute Gasteiger partial charge is 0.269 e. The van der Waals surface area contributed by atoms with Gasteiger partial charge in [-0.05, 0) is 36.8 Å². The van der Waals surface area contributed by atoms with Crippen LogP contribution in [0.15, 0.2) is 48.7 Å². The summed E-state index contributed by atoms with van der Waals surface area (Å²) in [4.78, 5) is 19.2. The highest BCUT2D eigenvalue weighted by molar-refractivity contribution is 6.30. The van der Waals surface area contributed by atoms with Crippen molar-refractivity contribution in [2.45, 2.75) is 19.6 Å². The molecule has 2 N–H and O–H groups in total. The van der Waals surface area contributed by atoms with E-state index in [4.69, 9.17) is 16.3 Å². The lowest BCUT2D eigenvalue weighted by Crippen LogP contribution is -2.41. The number of rotatable bonds is 5. The van der Waals surface area contributed by atoms with E-state index in [2.05, 4.69) is 32.3 Å². The van der Waals surface area contributed by atoms with Crippen molar-refractivity contribution < 1.29 is 9.53 Å². The summed E-state index contributed by atoms with van der Waals surface area (Å²) in [5.74, 6) is 0.701. The van der Waals surface area contributed by atoms with Crippen molar-refractivity contribution in [1.29, 1.82) is 0 Å². The molecular weight excluding hydrogens is 390 g/mol. The van der Waals surface area contributed by atoms with Crippen molar-refractivity contribution in [1.82, 2.24) is 20.5 Å². The summed E-state index contributed by atoms with van der Waals surface area (Å²) >= 11 is 6.02. The Bertz CT molecular complexity index is 989. The summed E-state index contributed by atoms with van der Waals surface area (Å²) < 4.78 is 5.56. The van der Waals surface area contributed by atoms with Crippen molar-refractivity contribution in [3.8, 4) is 11.3 Å². The first kappa shape index (κ1) is 19.4. The van der Waals surface area contributed by atoms with Gasteiger partial charge >= 0.3 is 0 Å². The van der Waals surface area contributed by atoms with E-state index in [9.17, 15) is 4.79 Å². The lowest BCUT2D eigenvalue weighted by atomic mass is 10.1. The van der Waals surface area contributed by atoms with E-state index in [0.29, 0.717) is 29.6 Å². The molecule has 0 aliphatic carbocycles. The molecule has 1 atom stereocenters. The first-order valence-corrected chi connectivity index (χ1v) is 9.87. The number of aromatic nitrogens is 3. The number of pyridine rings is 1. The maximum atomic E-state index is 12.4. The number of carbonyl (C=O) groups excluding carboxylic acids is 1. The van der Waals surface area contributed by atoms with Crippen LogP contribution in [0, 0.1) is 0 Å². The number of aromatic amines is 1. The van der Waals surface area contributed by atoms with Crippen molar-refractivity contribution >= 4 is 23.3 Å². The van der Waals surface area contributed by atoms with Gasteiger partial charge in [0.05, 0.1) is 18.4 Å². The monoisotopic (exact) mass is 411 g/mol. The largest absolute Gasteiger partial charge is 0.375 e. The van der Waals surface area contributed by atoms with Gasteiger partial charge in [0.1, 0.15) is 11.5 Å². The molecule has 0 saturated carbocycles. The summed E-state index contributed by atoms with van der Waals surface area (Å²) in [5.41, 5.74) is 2.85. The van der Waals surface area contributed by atoms with E-state index in [0.717, 1.165) is 30.0 Å². The fourth-order valence-electron chi connectivity index (χ4n) is 3.25. The number of H-pyrrole nitrogens is 1. The summed E-state index contributed by atoms with van der Waals surface area (Å²) in [7, 11) is 0. The average Bonchev–Trinajstić information content (AvgIpc) is 3.23. The Hall–Kier alpha value is -2.90. The zero-order valence-corrected chi connectivity index (χ0v) is 16.8. The maximum Gasteiger partial charge on any atom is 0.269 e. The second-order valence-corrected chi connectivity index (χ2v) is 7.45. The molecule has 8 heteroatoms. The van der Waals surface area contributed by atoms with Gasteiger partial charge in [-0.15, -0.1) is 0 Å². The predicted molar refractivity (Wildman–Crippen MR) is 112 cm³/mol. The molecule has 4 rings (SSSR count). The highest BCUT2D eigenvalue weighted by atomic mass is 35.5. The third-order valence-corrected chi connectivity index (χ3v) is 5.01. The normalized spacial score (nSPS) is 16.6. The minimum absolute atomic E-state index is 0.204. The average molecular weight is 412 g/mol. The zero-order valence-electron chi connectivity index (χ0n) is 16.1. The quantitative estimate of drug-likeness (QED) is 0.673. The molecule has 3 aromatic rings. The molecule has 2 aromatic heterocycles. The number of hydrogen-bond acceptors (Lipinski definition) is 5. The van der Waals surface area contributed by atoms with Crippen LogP contribution in [0.5, 0.6) is 0 Å². The minimum Gasteiger partial charge on any atom is -0.375 e. The Morgan fingerprint density at radius 2 is 2.24 bits per heavy atom. The molecule has 1 aromatic carbocycles. The number of anilines is 1. The van der Waals surface area contributed by atoms with Gasteiger partial charge < -0.3 is 15.0 Å². The van der Waals surface area contributed by atoms with Crippen LogP contribution in [-0.4, -0.2) is 46.9 Å². The molecular formula is C21H22ClN5O2. The highest BCUT2D eigenvalue weighted by Gasteiger charge is 2.18. The maximum absolute atomic E-state index is 12.4. The number of benzene rings is 1. The van der Waals surface area contributed by atoms with Crippen molar-refractivity contribution in [3.05, 3.63) is 64.9 Å². The number of morpholine rings is 1. The summed E-state index contributed by atoms with van der Waals surface area (Å²) in [5, 5.41) is 10.5. The molecule has 0 bridgehead atoms. The fraction of sp³-hybridized carbons (Fsp3) is 0.286. The molecule has 1 fully saturated rings. The lowest BCUT2D eigenvalue weighted by molar-refractivity contribution is 0.0529. The number of halogens is 1. The standard InChI is InChI=1S/C21H22ClN5O2/c1-14-13-27(7-8-29-14)20-6-5-15(11-23-20)12-24-21(28)19-10-18(25-26-19)16-3-2-4-17(22)9-16/h2-6,9-11,14H,7-8,12-13H2,1H3,(H,24,28)(H,25,26). The first-order chi connectivity index (χ1) is 14.1. The fourth-order valence-corrected chi connectivity index (χ4v) is 3.44. The molecule has 29 heavy (non-hydrogen) atoms. The molecule has 1 unspecified atom stereocenters. The number of nitrogens with one attached hydrogen (secondary N) is 2.